The number of furan rings is 1. The Morgan fingerprint density at radius 2 is 1.82 bits per heavy atom. The van der Waals surface area contributed by atoms with Crippen LogP contribution >= 0.6 is 0 Å². The van der Waals surface area contributed by atoms with Crippen molar-refractivity contribution in [2.45, 2.75) is 6.54 Å². The number of benzene rings is 1. The Morgan fingerprint density at radius 3 is 2.61 bits per heavy atom. The molecule has 2 aliphatic rings. The lowest BCUT2D eigenvalue weighted by Gasteiger charge is -2.30. The van der Waals surface area contributed by atoms with E-state index in [-0.39, 0.29) is 6.61 Å². The van der Waals surface area contributed by atoms with Crippen LogP contribution in [0.1, 0.15) is 11.3 Å². The van der Waals surface area contributed by atoms with Gasteiger partial charge in [-0.05, 0) is 36.1 Å². The molecule has 6 nitrogen and oxygen atoms in total. The van der Waals surface area contributed by atoms with Crippen LogP contribution in [-0.4, -0.2) is 67.5 Å². The van der Waals surface area contributed by atoms with Crippen molar-refractivity contribution in [3.8, 4) is 17.4 Å². The summed E-state index contributed by atoms with van der Waals surface area (Å²) in [6.07, 6.45) is 0. The van der Waals surface area contributed by atoms with Crippen molar-refractivity contribution in [3.05, 3.63) is 47.7 Å². The topological polar surface area (TPSA) is 72.9 Å². The third kappa shape index (κ3) is 4.29. The van der Waals surface area contributed by atoms with Gasteiger partial charge in [-0.15, -0.1) is 0 Å². The van der Waals surface area contributed by atoms with E-state index >= 15 is 0 Å². The molecular formula is C22H27N3O3. The van der Waals surface area contributed by atoms with Crippen molar-refractivity contribution in [3.63, 3.8) is 0 Å². The zero-order valence-corrected chi connectivity index (χ0v) is 16.1. The average Bonchev–Trinajstić information content (AvgIpc) is 3.35. The molecule has 0 spiro atoms. The molecular weight excluding hydrogens is 354 g/mol. The van der Waals surface area contributed by atoms with E-state index < -0.39 is 0 Å². The van der Waals surface area contributed by atoms with Gasteiger partial charge in [-0.25, -0.2) is 0 Å². The van der Waals surface area contributed by atoms with Crippen molar-refractivity contribution < 1.29 is 14.3 Å². The number of ether oxygens (including phenoxy) is 1. The zero-order chi connectivity index (χ0) is 19.3. The van der Waals surface area contributed by atoms with Gasteiger partial charge in [-0.2, -0.15) is 5.26 Å². The number of nitriles is 1. The first-order valence-electron chi connectivity index (χ1n) is 9.98. The second-order valence-electron chi connectivity index (χ2n) is 7.73. The standard InChI is InChI=1S/C22H27N3O3/c23-11-17-3-1-2-4-21(17)22-6-5-20(28-22)15-25-13-18(19(14-25)16-26)12-24-7-9-27-10-8-24/h1-6,18-19,26H,7-10,12-16H2. The van der Waals surface area contributed by atoms with Crippen LogP contribution in [-0.2, 0) is 11.3 Å². The van der Waals surface area contributed by atoms with Crippen molar-refractivity contribution in [1.82, 2.24) is 9.80 Å². The molecule has 6 heteroatoms. The van der Waals surface area contributed by atoms with E-state index in [1.807, 2.05) is 30.3 Å². The molecule has 2 aromatic rings. The van der Waals surface area contributed by atoms with E-state index in [1.54, 1.807) is 6.07 Å². The first-order chi connectivity index (χ1) is 13.8. The Morgan fingerprint density at radius 1 is 1.04 bits per heavy atom. The molecule has 28 heavy (non-hydrogen) atoms. The second-order valence-corrected chi connectivity index (χ2v) is 7.73. The van der Waals surface area contributed by atoms with Crippen LogP contribution in [0.25, 0.3) is 11.3 Å². The fraction of sp³-hybridized carbons (Fsp3) is 0.500. The molecule has 0 aliphatic carbocycles. The maximum Gasteiger partial charge on any atom is 0.135 e. The largest absolute Gasteiger partial charge is 0.460 e. The highest BCUT2D eigenvalue weighted by atomic mass is 16.5. The fourth-order valence-corrected chi connectivity index (χ4v) is 4.32. The van der Waals surface area contributed by atoms with Crippen LogP contribution in [0.2, 0.25) is 0 Å². The molecule has 1 aromatic carbocycles. The molecule has 0 bridgehead atoms. The molecule has 2 atom stereocenters. The number of hydrogen-bond donors (Lipinski definition) is 1. The Bertz CT molecular complexity index is 822. The summed E-state index contributed by atoms with van der Waals surface area (Å²) in [5.41, 5.74) is 1.45. The van der Waals surface area contributed by atoms with E-state index in [0.29, 0.717) is 17.4 Å². The number of aliphatic hydroxyl groups is 1. The average molecular weight is 381 g/mol. The molecule has 148 valence electrons. The highest BCUT2D eigenvalue weighted by Gasteiger charge is 2.34. The molecule has 0 amide bonds. The molecule has 2 aliphatic heterocycles. The van der Waals surface area contributed by atoms with Crippen LogP contribution < -0.4 is 0 Å². The smallest absolute Gasteiger partial charge is 0.135 e. The Hall–Kier alpha value is -2.17. The van der Waals surface area contributed by atoms with E-state index in [2.05, 4.69) is 15.9 Å². The predicted molar refractivity (Wildman–Crippen MR) is 105 cm³/mol. The third-order valence-corrected chi connectivity index (χ3v) is 5.84. The predicted octanol–water partition coefficient (Wildman–Crippen LogP) is 2.19. The van der Waals surface area contributed by atoms with Crippen LogP contribution in [0.4, 0.5) is 0 Å². The summed E-state index contributed by atoms with van der Waals surface area (Å²) in [6.45, 7) is 7.39. The van der Waals surface area contributed by atoms with Crippen molar-refractivity contribution in [1.29, 1.82) is 5.26 Å². The molecule has 3 heterocycles. The minimum absolute atomic E-state index is 0.227. The van der Waals surface area contributed by atoms with Crippen LogP contribution in [0.5, 0.6) is 0 Å². The van der Waals surface area contributed by atoms with Crippen molar-refractivity contribution >= 4 is 0 Å². The Labute approximate surface area is 165 Å². The molecule has 0 radical (unpaired) electrons. The zero-order valence-electron chi connectivity index (χ0n) is 16.1. The Kier molecular flexibility index (Phi) is 6.08. The van der Waals surface area contributed by atoms with Gasteiger partial charge in [-0.1, -0.05) is 12.1 Å². The van der Waals surface area contributed by atoms with Crippen molar-refractivity contribution in [2.75, 3.05) is 52.5 Å². The number of aliphatic hydroxyl groups excluding tert-OH is 1. The van der Waals surface area contributed by atoms with Gasteiger partial charge in [0.15, 0.2) is 0 Å². The number of morpholine rings is 1. The number of rotatable bonds is 6. The minimum Gasteiger partial charge on any atom is -0.460 e. The van der Waals surface area contributed by atoms with Gasteiger partial charge < -0.3 is 14.3 Å². The summed E-state index contributed by atoms with van der Waals surface area (Å²) in [6, 6.07) is 13.7. The third-order valence-electron chi connectivity index (χ3n) is 5.84. The van der Waals surface area contributed by atoms with Crippen molar-refractivity contribution in [2.24, 2.45) is 11.8 Å². The lowest BCUT2D eigenvalue weighted by Crippen LogP contribution is -2.41. The molecule has 2 unspecified atom stereocenters. The molecule has 2 fully saturated rings. The van der Waals surface area contributed by atoms with Gasteiger partial charge in [0.2, 0.25) is 0 Å². The summed E-state index contributed by atoms with van der Waals surface area (Å²) in [7, 11) is 0. The van der Waals surface area contributed by atoms with E-state index in [9.17, 15) is 10.4 Å². The van der Waals surface area contributed by atoms with Crippen LogP contribution in [0.15, 0.2) is 40.8 Å². The minimum atomic E-state index is 0.227. The second kappa shape index (κ2) is 8.89. The monoisotopic (exact) mass is 381 g/mol. The van der Waals surface area contributed by atoms with Gasteiger partial charge >= 0.3 is 0 Å². The quantitative estimate of drug-likeness (QED) is 0.827. The SMILES string of the molecule is N#Cc1ccccc1-c1ccc(CN2CC(CO)C(CN3CCOCC3)C2)o1. The highest BCUT2D eigenvalue weighted by molar-refractivity contribution is 5.66. The van der Waals surface area contributed by atoms with E-state index in [4.69, 9.17) is 9.15 Å². The van der Waals surface area contributed by atoms with Crippen LogP contribution in [0, 0.1) is 23.2 Å². The van der Waals surface area contributed by atoms with Gasteiger partial charge in [-0.3, -0.25) is 9.80 Å². The maximum absolute atomic E-state index is 9.84. The summed E-state index contributed by atoms with van der Waals surface area (Å²) in [5, 5.41) is 19.1. The normalized spacial score (nSPS) is 23.7. The lowest BCUT2D eigenvalue weighted by atomic mass is 9.96. The number of nitrogens with zero attached hydrogens (tertiary/aromatic N) is 3. The molecule has 4 rings (SSSR count). The van der Waals surface area contributed by atoms with Crippen LogP contribution in [0.3, 0.4) is 0 Å². The molecule has 1 aromatic heterocycles. The fourth-order valence-electron chi connectivity index (χ4n) is 4.32. The number of hydrogen-bond acceptors (Lipinski definition) is 6. The summed E-state index contributed by atoms with van der Waals surface area (Å²) < 4.78 is 11.5. The first kappa shape index (κ1) is 19.2. The van der Waals surface area contributed by atoms with Gasteiger partial charge in [0.1, 0.15) is 11.5 Å². The Balaban J connectivity index is 1.39. The van der Waals surface area contributed by atoms with Gasteiger partial charge in [0.25, 0.3) is 0 Å². The lowest BCUT2D eigenvalue weighted by molar-refractivity contribution is 0.0264. The first-order valence-corrected chi connectivity index (χ1v) is 9.98. The number of likely N-dealkylation sites (tertiary alicyclic amines) is 1. The molecule has 0 saturated carbocycles. The van der Waals surface area contributed by atoms with Gasteiger partial charge in [0, 0.05) is 44.9 Å². The van der Waals surface area contributed by atoms with E-state index in [1.165, 1.54) is 0 Å². The maximum atomic E-state index is 9.84. The summed E-state index contributed by atoms with van der Waals surface area (Å²) in [4.78, 5) is 4.81. The summed E-state index contributed by atoms with van der Waals surface area (Å²) in [5.74, 6) is 2.40. The molecule has 2 saturated heterocycles. The molecule has 1 N–H and O–H groups in total. The summed E-state index contributed by atoms with van der Waals surface area (Å²) >= 11 is 0. The van der Waals surface area contributed by atoms with Gasteiger partial charge in [0.05, 0.1) is 31.4 Å². The van der Waals surface area contributed by atoms with E-state index in [0.717, 1.165) is 69.6 Å². The highest BCUT2D eigenvalue weighted by Crippen LogP contribution is 2.29.